The number of carbonyl (C=O) groups excluding carboxylic acids is 1. The first-order chi connectivity index (χ1) is 11.5. The maximum absolute atomic E-state index is 12.9. The van der Waals surface area contributed by atoms with E-state index in [1.807, 2.05) is 13.8 Å². The number of sulfone groups is 2. The summed E-state index contributed by atoms with van der Waals surface area (Å²) in [6.45, 7) is 5.86. The molecule has 9 heteroatoms. The molecule has 2 N–H and O–H groups in total. The van der Waals surface area contributed by atoms with Crippen LogP contribution in [0, 0.1) is 5.92 Å². The summed E-state index contributed by atoms with van der Waals surface area (Å²) >= 11 is 0. The summed E-state index contributed by atoms with van der Waals surface area (Å²) in [5.74, 6) is -0.523. The monoisotopic (exact) mass is 388 g/mol. The highest BCUT2D eigenvalue weighted by Crippen LogP contribution is 2.27. The van der Waals surface area contributed by atoms with E-state index < -0.39 is 31.0 Å². The topological polar surface area (TPSA) is 109 Å². The van der Waals surface area contributed by atoms with Crippen LogP contribution in [0.25, 0.3) is 0 Å². The average Bonchev–Trinajstić information content (AvgIpc) is 2.81. The van der Waals surface area contributed by atoms with Gasteiger partial charge < -0.3 is 10.6 Å². The highest BCUT2D eigenvalue weighted by molar-refractivity contribution is 7.96. The van der Waals surface area contributed by atoms with Gasteiger partial charge in [-0.15, -0.1) is 0 Å². The Morgan fingerprint density at radius 3 is 2.32 bits per heavy atom. The Kier molecular flexibility index (Phi) is 5.90. The van der Waals surface area contributed by atoms with Gasteiger partial charge in [0.15, 0.2) is 19.7 Å². The van der Waals surface area contributed by atoms with Crippen molar-refractivity contribution < 1.29 is 21.6 Å². The van der Waals surface area contributed by atoms with Crippen LogP contribution >= 0.6 is 0 Å². The smallest absolute Gasteiger partial charge is 0.221 e. The summed E-state index contributed by atoms with van der Waals surface area (Å²) in [7, 11) is -7.21. The molecule has 1 heterocycles. The van der Waals surface area contributed by atoms with E-state index in [1.165, 1.54) is 31.2 Å². The molecule has 2 atom stereocenters. The second-order valence-electron chi connectivity index (χ2n) is 6.77. The van der Waals surface area contributed by atoms with E-state index in [1.54, 1.807) is 0 Å². The number of hydrogen-bond donors (Lipinski definition) is 2. The third-order valence-corrected chi connectivity index (χ3v) is 8.16. The number of anilines is 1. The van der Waals surface area contributed by atoms with Gasteiger partial charge in [0, 0.05) is 18.7 Å². The summed E-state index contributed by atoms with van der Waals surface area (Å²) in [6, 6.07) is 5.16. The standard InChI is InChI=1S/C16H24N2O5S2/c1-11(2)8-17-15-9-24(20,21)10-16(15)25(22,23)14-6-4-13(5-7-14)18-12(3)19/h4-7,11,15-17H,8-10H2,1-3H3,(H,18,19)/t15-,16-/m0/s1. The van der Waals surface area contributed by atoms with Crippen LogP contribution in [0.5, 0.6) is 0 Å². The predicted molar refractivity (Wildman–Crippen MR) is 97.0 cm³/mol. The molecule has 1 amide bonds. The van der Waals surface area contributed by atoms with E-state index in [2.05, 4.69) is 10.6 Å². The Morgan fingerprint density at radius 2 is 1.80 bits per heavy atom. The Balaban J connectivity index is 2.27. The second-order valence-corrected chi connectivity index (χ2v) is 11.1. The lowest BCUT2D eigenvalue weighted by molar-refractivity contribution is -0.114. The lowest BCUT2D eigenvalue weighted by Crippen LogP contribution is -2.44. The molecule has 0 spiro atoms. The lowest BCUT2D eigenvalue weighted by Gasteiger charge is -2.21. The van der Waals surface area contributed by atoms with Crippen LogP contribution in [0.1, 0.15) is 20.8 Å². The molecule has 2 rings (SSSR count). The Bertz CT molecular complexity index is 830. The van der Waals surface area contributed by atoms with Gasteiger partial charge in [-0.25, -0.2) is 16.8 Å². The van der Waals surface area contributed by atoms with Crippen molar-refractivity contribution in [2.75, 3.05) is 23.4 Å². The van der Waals surface area contributed by atoms with E-state index in [9.17, 15) is 21.6 Å². The summed E-state index contributed by atoms with van der Waals surface area (Å²) < 4.78 is 49.8. The summed E-state index contributed by atoms with van der Waals surface area (Å²) in [4.78, 5) is 11.1. The SMILES string of the molecule is CC(=O)Nc1ccc(S(=O)(=O)[C@H]2CS(=O)(=O)C[C@@H]2NCC(C)C)cc1. The number of nitrogens with one attached hydrogen (secondary N) is 2. The molecule has 7 nitrogen and oxygen atoms in total. The lowest BCUT2D eigenvalue weighted by atomic mass is 10.2. The first kappa shape index (κ1) is 19.9. The van der Waals surface area contributed by atoms with E-state index in [-0.39, 0.29) is 28.2 Å². The normalized spacial score (nSPS) is 22.9. The fourth-order valence-corrected chi connectivity index (χ4v) is 7.52. The van der Waals surface area contributed by atoms with Crippen LogP contribution in [0.2, 0.25) is 0 Å². The van der Waals surface area contributed by atoms with Crippen molar-refractivity contribution in [1.82, 2.24) is 5.32 Å². The molecule has 25 heavy (non-hydrogen) atoms. The Labute approximate surface area is 149 Å². The third kappa shape index (κ3) is 5.02. The Morgan fingerprint density at radius 1 is 1.20 bits per heavy atom. The molecule has 0 aliphatic carbocycles. The van der Waals surface area contributed by atoms with Crippen LogP contribution < -0.4 is 10.6 Å². The van der Waals surface area contributed by atoms with Gasteiger partial charge in [0.25, 0.3) is 0 Å². The molecular formula is C16H24N2O5S2. The van der Waals surface area contributed by atoms with Gasteiger partial charge >= 0.3 is 0 Å². The molecule has 1 saturated heterocycles. The first-order valence-electron chi connectivity index (χ1n) is 8.06. The highest BCUT2D eigenvalue weighted by atomic mass is 32.2. The first-order valence-corrected chi connectivity index (χ1v) is 11.4. The van der Waals surface area contributed by atoms with Crippen molar-refractivity contribution in [3.63, 3.8) is 0 Å². The van der Waals surface area contributed by atoms with E-state index in [4.69, 9.17) is 0 Å². The van der Waals surface area contributed by atoms with Gasteiger partial charge in [0.2, 0.25) is 5.91 Å². The maximum atomic E-state index is 12.9. The third-order valence-electron chi connectivity index (χ3n) is 3.99. The number of carbonyl (C=O) groups is 1. The molecule has 1 aromatic carbocycles. The minimum absolute atomic E-state index is 0.0556. The highest BCUT2D eigenvalue weighted by Gasteiger charge is 2.45. The molecule has 0 radical (unpaired) electrons. The molecule has 1 aromatic rings. The zero-order valence-corrected chi connectivity index (χ0v) is 16.2. The molecule has 0 unspecified atom stereocenters. The molecule has 1 aliphatic rings. The van der Waals surface area contributed by atoms with Crippen molar-refractivity contribution in [3.8, 4) is 0 Å². The van der Waals surface area contributed by atoms with E-state index in [0.29, 0.717) is 12.2 Å². The van der Waals surface area contributed by atoms with Crippen LogP contribution in [0.3, 0.4) is 0 Å². The molecule has 140 valence electrons. The van der Waals surface area contributed by atoms with Crippen LogP contribution in [-0.2, 0) is 24.5 Å². The molecule has 0 aromatic heterocycles. The van der Waals surface area contributed by atoms with Gasteiger partial charge in [-0.2, -0.15) is 0 Å². The zero-order valence-electron chi connectivity index (χ0n) is 14.5. The van der Waals surface area contributed by atoms with Crippen LogP contribution in [0.4, 0.5) is 5.69 Å². The zero-order chi connectivity index (χ0) is 18.8. The summed E-state index contributed by atoms with van der Waals surface area (Å²) in [5.41, 5.74) is 0.486. The van der Waals surface area contributed by atoms with E-state index in [0.717, 1.165) is 0 Å². The summed E-state index contributed by atoms with van der Waals surface area (Å²) in [6.07, 6.45) is 0. The van der Waals surface area contributed by atoms with Crippen molar-refractivity contribution >= 4 is 31.3 Å². The maximum Gasteiger partial charge on any atom is 0.221 e. The van der Waals surface area contributed by atoms with Gasteiger partial charge in [-0.3, -0.25) is 4.79 Å². The number of amides is 1. The number of rotatable bonds is 6. The number of benzene rings is 1. The quantitative estimate of drug-likeness (QED) is 0.747. The van der Waals surface area contributed by atoms with Crippen molar-refractivity contribution in [2.45, 2.75) is 37.0 Å². The summed E-state index contributed by atoms with van der Waals surface area (Å²) in [5, 5.41) is 4.64. The van der Waals surface area contributed by atoms with Crippen molar-refractivity contribution in [3.05, 3.63) is 24.3 Å². The van der Waals surface area contributed by atoms with Crippen molar-refractivity contribution in [1.29, 1.82) is 0 Å². The fourth-order valence-electron chi connectivity index (χ4n) is 2.80. The predicted octanol–water partition coefficient (Wildman–Crippen LogP) is 0.830. The van der Waals surface area contributed by atoms with Gasteiger partial charge in [0.1, 0.15) is 0 Å². The molecule has 1 aliphatic heterocycles. The van der Waals surface area contributed by atoms with Crippen molar-refractivity contribution in [2.24, 2.45) is 5.92 Å². The van der Waals surface area contributed by atoms with Gasteiger partial charge in [0.05, 0.1) is 21.7 Å². The van der Waals surface area contributed by atoms with Gasteiger partial charge in [-0.1, -0.05) is 13.8 Å². The second kappa shape index (κ2) is 7.43. The van der Waals surface area contributed by atoms with Gasteiger partial charge in [-0.05, 0) is 36.7 Å². The largest absolute Gasteiger partial charge is 0.326 e. The molecule has 1 fully saturated rings. The minimum Gasteiger partial charge on any atom is -0.326 e. The van der Waals surface area contributed by atoms with Crippen LogP contribution in [0.15, 0.2) is 29.2 Å². The fraction of sp³-hybridized carbons (Fsp3) is 0.562. The Hall–Kier alpha value is -1.45. The molecule has 0 saturated carbocycles. The molecular weight excluding hydrogens is 364 g/mol. The number of hydrogen-bond acceptors (Lipinski definition) is 6. The van der Waals surface area contributed by atoms with E-state index >= 15 is 0 Å². The minimum atomic E-state index is -3.81. The molecule has 0 bridgehead atoms. The van der Waals surface area contributed by atoms with Crippen LogP contribution in [-0.4, -0.2) is 52.1 Å². The average molecular weight is 389 g/mol.